The molecular formula is C15H21NO4. The molecule has 0 heterocycles. The van der Waals surface area contributed by atoms with Crippen molar-refractivity contribution in [1.82, 2.24) is 4.90 Å². The van der Waals surface area contributed by atoms with Crippen LogP contribution in [0.4, 0.5) is 0 Å². The number of hydrogen-bond acceptors (Lipinski definition) is 3. The third-order valence-electron chi connectivity index (χ3n) is 3.26. The van der Waals surface area contributed by atoms with Crippen LogP contribution < -0.4 is 0 Å². The molecule has 1 aromatic rings. The van der Waals surface area contributed by atoms with Gasteiger partial charge in [0.2, 0.25) is 0 Å². The van der Waals surface area contributed by atoms with Crippen molar-refractivity contribution in [2.24, 2.45) is 5.92 Å². The van der Waals surface area contributed by atoms with Crippen molar-refractivity contribution in [2.45, 2.75) is 32.4 Å². The molecule has 110 valence electrons. The van der Waals surface area contributed by atoms with Crippen LogP contribution in [0, 0.1) is 5.92 Å². The Bertz CT molecular complexity index is 458. The zero-order valence-corrected chi connectivity index (χ0v) is 12.0. The van der Waals surface area contributed by atoms with Crippen LogP contribution in [-0.4, -0.2) is 46.2 Å². The molecule has 0 aliphatic heterocycles. The lowest BCUT2D eigenvalue weighted by Gasteiger charge is -2.28. The molecule has 0 fully saturated rings. The topological polar surface area (TPSA) is 77.8 Å². The number of hydrogen-bond donors (Lipinski definition) is 2. The van der Waals surface area contributed by atoms with Gasteiger partial charge < -0.3 is 15.1 Å². The van der Waals surface area contributed by atoms with E-state index in [1.54, 1.807) is 13.8 Å². The molecule has 1 amide bonds. The number of aliphatic carboxylic acids is 1. The first-order valence-electron chi connectivity index (χ1n) is 6.56. The number of rotatable bonds is 6. The summed E-state index contributed by atoms with van der Waals surface area (Å²) in [5.74, 6) is -1.90. The van der Waals surface area contributed by atoms with E-state index in [4.69, 9.17) is 0 Å². The summed E-state index contributed by atoms with van der Waals surface area (Å²) in [4.78, 5) is 24.5. The third kappa shape index (κ3) is 4.06. The fourth-order valence-electron chi connectivity index (χ4n) is 1.87. The van der Waals surface area contributed by atoms with E-state index >= 15 is 0 Å². The number of amides is 1. The van der Waals surface area contributed by atoms with E-state index in [2.05, 4.69) is 0 Å². The van der Waals surface area contributed by atoms with Gasteiger partial charge in [0.05, 0.1) is 0 Å². The van der Waals surface area contributed by atoms with Gasteiger partial charge in [0.25, 0.3) is 5.91 Å². The van der Waals surface area contributed by atoms with Gasteiger partial charge in [0, 0.05) is 13.5 Å². The van der Waals surface area contributed by atoms with E-state index < -0.39 is 24.0 Å². The van der Waals surface area contributed by atoms with Gasteiger partial charge in [-0.25, -0.2) is 4.79 Å². The molecule has 0 saturated carbocycles. The van der Waals surface area contributed by atoms with Gasteiger partial charge in [-0.1, -0.05) is 44.2 Å². The zero-order chi connectivity index (χ0) is 15.3. The monoisotopic (exact) mass is 279 g/mol. The molecule has 0 bridgehead atoms. The second-order valence-electron chi connectivity index (χ2n) is 5.18. The number of benzene rings is 1. The van der Waals surface area contributed by atoms with Crippen LogP contribution in [0.3, 0.4) is 0 Å². The highest BCUT2D eigenvalue weighted by molar-refractivity contribution is 5.86. The molecule has 0 radical (unpaired) electrons. The Morgan fingerprint density at radius 1 is 1.20 bits per heavy atom. The van der Waals surface area contributed by atoms with Crippen molar-refractivity contribution in [3.05, 3.63) is 35.9 Å². The standard InChI is InChI=1S/C15H21NO4/c1-10(2)13(17)14(18)16(3)12(15(19)20)9-11-7-5-4-6-8-11/h4-8,10,12-13,17H,9H2,1-3H3,(H,19,20)/t12-,13-/m1/s1. The molecule has 2 N–H and O–H groups in total. The van der Waals surface area contributed by atoms with E-state index in [1.807, 2.05) is 30.3 Å². The van der Waals surface area contributed by atoms with E-state index in [9.17, 15) is 19.8 Å². The second kappa shape index (κ2) is 7.05. The van der Waals surface area contributed by atoms with Crippen LogP contribution in [0.25, 0.3) is 0 Å². The molecule has 0 spiro atoms. The molecule has 0 aliphatic rings. The van der Waals surface area contributed by atoms with Gasteiger partial charge in [0.15, 0.2) is 0 Å². The first-order valence-corrected chi connectivity index (χ1v) is 6.56. The minimum atomic E-state index is -1.18. The SMILES string of the molecule is CC(C)[C@@H](O)C(=O)N(C)[C@H](Cc1ccccc1)C(=O)O. The molecule has 0 aromatic heterocycles. The molecule has 0 unspecified atom stereocenters. The average molecular weight is 279 g/mol. The quantitative estimate of drug-likeness (QED) is 0.819. The van der Waals surface area contributed by atoms with Gasteiger partial charge in [-0.15, -0.1) is 0 Å². The summed E-state index contributed by atoms with van der Waals surface area (Å²) < 4.78 is 0. The lowest BCUT2D eigenvalue weighted by Crippen LogP contribution is -2.49. The molecule has 20 heavy (non-hydrogen) atoms. The van der Waals surface area contributed by atoms with Crippen molar-refractivity contribution in [1.29, 1.82) is 0 Å². The summed E-state index contributed by atoms with van der Waals surface area (Å²) in [5, 5.41) is 19.1. The lowest BCUT2D eigenvalue weighted by molar-refractivity contribution is -0.153. The van der Waals surface area contributed by atoms with Gasteiger partial charge >= 0.3 is 5.97 Å². The van der Waals surface area contributed by atoms with Crippen molar-refractivity contribution >= 4 is 11.9 Å². The Kier molecular flexibility index (Phi) is 5.70. The summed E-state index contributed by atoms with van der Waals surface area (Å²) in [5.41, 5.74) is 0.832. The molecule has 1 rings (SSSR count). The first-order chi connectivity index (χ1) is 9.34. The number of aliphatic hydroxyl groups excluding tert-OH is 1. The molecular weight excluding hydrogens is 258 g/mol. The van der Waals surface area contributed by atoms with Crippen molar-refractivity contribution < 1.29 is 19.8 Å². The summed E-state index contributed by atoms with van der Waals surface area (Å²) in [6, 6.07) is 8.12. The van der Waals surface area contributed by atoms with Gasteiger partial charge in [-0.05, 0) is 11.5 Å². The van der Waals surface area contributed by atoms with Crippen molar-refractivity contribution in [3.63, 3.8) is 0 Å². The molecule has 0 aliphatic carbocycles. The Morgan fingerprint density at radius 3 is 2.20 bits per heavy atom. The average Bonchev–Trinajstić information content (AvgIpc) is 2.43. The minimum absolute atomic E-state index is 0.212. The highest BCUT2D eigenvalue weighted by Crippen LogP contribution is 2.12. The van der Waals surface area contributed by atoms with Crippen LogP contribution >= 0.6 is 0 Å². The Morgan fingerprint density at radius 2 is 1.75 bits per heavy atom. The Labute approximate surface area is 118 Å². The molecule has 1 aromatic carbocycles. The number of likely N-dealkylation sites (N-methyl/N-ethyl adjacent to an activating group) is 1. The summed E-state index contributed by atoms with van der Waals surface area (Å²) in [7, 11) is 1.41. The predicted molar refractivity (Wildman–Crippen MR) is 75.2 cm³/mol. The summed E-state index contributed by atoms with van der Waals surface area (Å²) in [6.45, 7) is 3.42. The summed E-state index contributed by atoms with van der Waals surface area (Å²) in [6.07, 6.45) is -0.971. The fourth-order valence-corrected chi connectivity index (χ4v) is 1.87. The number of carboxylic acids is 1. The Hall–Kier alpha value is -1.88. The molecule has 2 atom stereocenters. The first kappa shape index (κ1) is 16.2. The van der Waals surface area contributed by atoms with Crippen molar-refractivity contribution in [3.8, 4) is 0 Å². The molecule has 0 saturated heterocycles. The number of aliphatic hydroxyl groups is 1. The number of carbonyl (C=O) groups excluding carboxylic acids is 1. The highest BCUT2D eigenvalue weighted by Gasteiger charge is 2.31. The van der Waals surface area contributed by atoms with Gasteiger partial charge in [-0.2, -0.15) is 0 Å². The largest absolute Gasteiger partial charge is 0.480 e. The summed E-state index contributed by atoms with van der Waals surface area (Å²) >= 11 is 0. The van der Waals surface area contributed by atoms with Crippen LogP contribution in [0.1, 0.15) is 19.4 Å². The van der Waals surface area contributed by atoms with Gasteiger partial charge in [0.1, 0.15) is 12.1 Å². The highest BCUT2D eigenvalue weighted by atomic mass is 16.4. The predicted octanol–water partition coefficient (Wildman–Crippen LogP) is 1.16. The van der Waals surface area contributed by atoms with Gasteiger partial charge in [-0.3, -0.25) is 4.79 Å². The fraction of sp³-hybridized carbons (Fsp3) is 0.467. The van der Waals surface area contributed by atoms with E-state index in [0.29, 0.717) is 0 Å². The van der Waals surface area contributed by atoms with Crippen molar-refractivity contribution in [2.75, 3.05) is 7.05 Å². The molecule has 5 nitrogen and oxygen atoms in total. The number of nitrogens with zero attached hydrogens (tertiary/aromatic N) is 1. The van der Waals surface area contributed by atoms with Crippen LogP contribution in [0.5, 0.6) is 0 Å². The maximum absolute atomic E-state index is 12.0. The van der Waals surface area contributed by atoms with E-state index in [0.717, 1.165) is 10.5 Å². The maximum atomic E-state index is 12.0. The zero-order valence-electron chi connectivity index (χ0n) is 12.0. The number of carbonyl (C=O) groups is 2. The Balaban J connectivity index is 2.86. The molecule has 5 heteroatoms. The number of carboxylic acid groups (broad SMARTS) is 1. The van der Waals surface area contributed by atoms with Crippen LogP contribution in [-0.2, 0) is 16.0 Å². The maximum Gasteiger partial charge on any atom is 0.326 e. The van der Waals surface area contributed by atoms with Crippen LogP contribution in [0.2, 0.25) is 0 Å². The lowest BCUT2D eigenvalue weighted by atomic mass is 10.0. The third-order valence-corrected chi connectivity index (χ3v) is 3.26. The smallest absolute Gasteiger partial charge is 0.326 e. The van der Waals surface area contributed by atoms with Crippen LogP contribution in [0.15, 0.2) is 30.3 Å². The second-order valence-corrected chi connectivity index (χ2v) is 5.18. The minimum Gasteiger partial charge on any atom is -0.480 e. The normalized spacial score (nSPS) is 13.8. The van der Waals surface area contributed by atoms with E-state index in [-0.39, 0.29) is 12.3 Å². The van der Waals surface area contributed by atoms with E-state index in [1.165, 1.54) is 7.05 Å².